The van der Waals surface area contributed by atoms with Gasteiger partial charge >= 0.3 is 5.97 Å². The number of carboxylic acid groups (broad SMARTS) is 1. The van der Waals surface area contributed by atoms with Crippen LogP contribution >= 0.6 is 0 Å². The van der Waals surface area contributed by atoms with Gasteiger partial charge in [-0.3, -0.25) is 4.98 Å². The van der Waals surface area contributed by atoms with E-state index in [2.05, 4.69) is 27.0 Å². The molecule has 0 amide bonds. The minimum Gasteiger partial charge on any atom is -0.494 e. The van der Waals surface area contributed by atoms with Crippen molar-refractivity contribution in [2.75, 3.05) is 51.2 Å². The van der Waals surface area contributed by atoms with Gasteiger partial charge in [0.25, 0.3) is 0 Å². The number of ether oxygens (including phenoxy) is 1. The Hall–Kier alpha value is -3.16. The van der Waals surface area contributed by atoms with Crippen molar-refractivity contribution < 1.29 is 14.6 Å². The van der Waals surface area contributed by atoms with Crippen molar-refractivity contribution in [3.63, 3.8) is 0 Å². The van der Waals surface area contributed by atoms with Crippen LogP contribution in [0.4, 0.5) is 11.4 Å². The van der Waals surface area contributed by atoms with E-state index in [-0.39, 0.29) is 5.56 Å². The summed E-state index contributed by atoms with van der Waals surface area (Å²) in [6, 6.07) is 15.1. The molecule has 1 aliphatic heterocycles. The Morgan fingerprint density at radius 1 is 1.06 bits per heavy atom. The number of carboxylic acids is 1. The van der Waals surface area contributed by atoms with Gasteiger partial charge in [0.2, 0.25) is 0 Å². The molecule has 4 rings (SSSR count). The summed E-state index contributed by atoms with van der Waals surface area (Å²) in [4.78, 5) is 20.9. The summed E-state index contributed by atoms with van der Waals surface area (Å²) in [7, 11) is 0. The van der Waals surface area contributed by atoms with Crippen molar-refractivity contribution in [2.24, 2.45) is 0 Å². The maximum Gasteiger partial charge on any atom is 0.339 e. The summed E-state index contributed by atoms with van der Waals surface area (Å²) in [5.74, 6) is -0.203. The summed E-state index contributed by atoms with van der Waals surface area (Å²) in [5, 5.41) is 13.6. The number of pyridine rings is 1. The third-order valence-corrected chi connectivity index (χ3v) is 5.93. The molecule has 3 aromatic rings. The highest BCUT2D eigenvalue weighted by atomic mass is 16.5. The van der Waals surface area contributed by atoms with E-state index >= 15 is 0 Å². The lowest BCUT2D eigenvalue weighted by Crippen LogP contribution is -2.46. The van der Waals surface area contributed by atoms with E-state index in [0.717, 1.165) is 68.0 Å². The van der Waals surface area contributed by atoms with E-state index in [1.54, 1.807) is 0 Å². The second kappa shape index (κ2) is 10.4. The highest BCUT2D eigenvalue weighted by molar-refractivity contribution is 6.05. The molecule has 0 atom stereocenters. The van der Waals surface area contributed by atoms with Crippen LogP contribution in [0.25, 0.3) is 10.9 Å². The largest absolute Gasteiger partial charge is 0.494 e. The number of nitrogens with zero attached hydrogens (tertiary/aromatic N) is 3. The third-order valence-electron chi connectivity index (χ3n) is 5.93. The Morgan fingerprint density at radius 3 is 2.50 bits per heavy atom. The van der Waals surface area contributed by atoms with Crippen LogP contribution in [-0.2, 0) is 0 Å². The van der Waals surface area contributed by atoms with Gasteiger partial charge in [0, 0.05) is 50.0 Å². The Kier molecular flexibility index (Phi) is 7.19. The summed E-state index contributed by atoms with van der Waals surface area (Å²) in [5.41, 5.74) is 2.23. The van der Waals surface area contributed by atoms with Crippen LogP contribution in [0.15, 0.2) is 54.7 Å². The first-order valence-corrected chi connectivity index (χ1v) is 11.2. The number of fused-ring (bicyclic) bond motifs is 1. The normalized spacial score (nSPS) is 15.0. The van der Waals surface area contributed by atoms with Crippen LogP contribution in [0, 0.1) is 0 Å². The second-order valence-electron chi connectivity index (χ2n) is 8.00. The van der Waals surface area contributed by atoms with Gasteiger partial charge in [-0.15, -0.1) is 0 Å². The first-order valence-electron chi connectivity index (χ1n) is 11.2. The van der Waals surface area contributed by atoms with Crippen molar-refractivity contribution >= 4 is 28.2 Å². The molecule has 0 bridgehead atoms. The fraction of sp³-hybridized carbons (Fsp3) is 0.360. The number of para-hydroxylation sites is 1. The van der Waals surface area contributed by atoms with Crippen LogP contribution < -0.4 is 10.1 Å². The van der Waals surface area contributed by atoms with Crippen LogP contribution in [0.3, 0.4) is 0 Å². The van der Waals surface area contributed by atoms with Crippen LogP contribution in [0.5, 0.6) is 5.75 Å². The van der Waals surface area contributed by atoms with Gasteiger partial charge in [0.1, 0.15) is 11.3 Å². The first kappa shape index (κ1) is 22.0. The fourth-order valence-corrected chi connectivity index (χ4v) is 4.02. The number of carbonyl (C=O) groups is 1. The van der Waals surface area contributed by atoms with Crippen molar-refractivity contribution in [1.29, 1.82) is 0 Å². The van der Waals surface area contributed by atoms with Crippen molar-refractivity contribution in [3.05, 3.63) is 60.3 Å². The van der Waals surface area contributed by atoms with Crippen molar-refractivity contribution in [2.45, 2.75) is 13.3 Å². The molecule has 2 aromatic carbocycles. The smallest absolute Gasteiger partial charge is 0.339 e. The number of anilines is 2. The van der Waals surface area contributed by atoms with E-state index in [0.29, 0.717) is 12.3 Å². The highest BCUT2D eigenvalue weighted by Crippen LogP contribution is 2.29. The summed E-state index contributed by atoms with van der Waals surface area (Å²) >= 11 is 0. The molecule has 7 heteroatoms. The number of hydrogen-bond donors (Lipinski definition) is 2. The average molecular weight is 435 g/mol. The molecule has 0 spiro atoms. The lowest BCUT2D eigenvalue weighted by atomic mass is 10.1. The summed E-state index contributed by atoms with van der Waals surface area (Å²) < 4.78 is 5.91. The predicted octanol–water partition coefficient (Wildman–Crippen LogP) is 4.08. The number of aromatic carboxylic acids is 1. The minimum absolute atomic E-state index is 0.142. The lowest BCUT2D eigenvalue weighted by Gasteiger charge is -2.33. The molecule has 0 radical (unpaired) electrons. The molecule has 32 heavy (non-hydrogen) atoms. The zero-order chi connectivity index (χ0) is 22.3. The van der Waals surface area contributed by atoms with E-state index in [9.17, 15) is 9.90 Å². The maximum absolute atomic E-state index is 11.7. The molecular formula is C25H30N4O3. The Bertz CT molecular complexity index is 1050. The van der Waals surface area contributed by atoms with Gasteiger partial charge in [0.15, 0.2) is 0 Å². The quantitative estimate of drug-likeness (QED) is 0.491. The number of nitrogens with one attached hydrogen (secondary N) is 1. The van der Waals surface area contributed by atoms with Crippen molar-refractivity contribution in [1.82, 2.24) is 14.8 Å². The Balaban J connectivity index is 1.33. The van der Waals surface area contributed by atoms with Gasteiger partial charge in [-0.1, -0.05) is 25.1 Å². The molecule has 7 nitrogen and oxygen atoms in total. The number of aromatic nitrogens is 1. The van der Waals surface area contributed by atoms with E-state index in [4.69, 9.17) is 4.74 Å². The number of hydrogen-bond acceptors (Lipinski definition) is 6. The molecule has 168 valence electrons. The molecule has 1 saturated heterocycles. The zero-order valence-electron chi connectivity index (χ0n) is 18.5. The monoisotopic (exact) mass is 434 g/mol. The standard InChI is InChI=1S/C25H30N4O3/c1-2-28-13-15-29(16-14-28)12-5-17-32-20-10-8-19(9-11-20)27-24-21-6-3-4-7-23(21)26-18-22(24)25(30)31/h3-4,6-11,18H,2,5,12-17H2,1H3,(H,26,27)(H,30,31). The fourth-order valence-electron chi connectivity index (χ4n) is 4.02. The second-order valence-corrected chi connectivity index (χ2v) is 8.00. The molecule has 0 saturated carbocycles. The number of benzene rings is 2. The Labute approximate surface area is 188 Å². The van der Waals surface area contributed by atoms with Gasteiger partial charge in [-0.25, -0.2) is 4.79 Å². The van der Waals surface area contributed by atoms with Gasteiger partial charge in [-0.05, 0) is 43.3 Å². The SMILES string of the molecule is CCN1CCN(CCCOc2ccc(Nc3c(C(=O)O)cnc4ccccc34)cc2)CC1. The molecule has 0 aliphatic carbocycles. The number of piperazine rings is 1. The minimum atomic E-state index is -1.01. The molecule has 1 fully saturated rings. The van der Waals surface area contributed by atoms with E-state index < -0.39 is 5.97 Å². The molecule has 2 heterocycles. The molecule has 2 N–H and O–H groups in total. The first-order chi connectivity index (χ1) is 15.6. The molecule has 1 aliphatic rings. The van der Waals surface area contributed by atoms with Gasteiger partial charge in [0.05, 0.1) is 17.8 Å². The zero-order valence-corrected chi connectivity index (χ0v) is 18.5. The summed E-state index contributed by atoms with van der Waals surface area (Å²) in [6.45, 7) is 9.67. The van der Waals surface area contributed by atoms with Crippen LogP contribution in [0.1, 0.15) is 23.7 Å². The third kappa shape index (κ3) is 5.36. The predicted molar refractivity (Wildman–Crippen MR) is 127 cm³/mol. The maximum atomic E-state index is 11.7. The highest BCUT2D eigenvalue weighted by Gasteiger charge is 2.16. The molecule has 1 aromatic heterocycles. The Morgan fingerprint density at radius 2 is 1.78 bits per heavy atom. The van der Waals surface area contributed by atoms with E-state index in [1.165, 1.54) is 6.20 Å². The van der Waals surface area contributed by atoms with Gasteiger partial charge in [-0.2, -0.15) is 0 Å². The number of likely N-dealkylation sites (N-methyl/N-ethyl adjacent to an activating group) is 1. The van der Waals surface area contributed by atoms with Gasteiger partial charge < -0.3 is 25.0 Å². The molecular weight excluding hydrogens is 404 g/mol. The van der Waals surface area contributed by atoms with Crippen LogP contribution in [-0.4, -0.2) is 71.7 Å². The molecule has 0 unspecified atom stereocenters. The summed E-state index contributed by atoms with van der Waals surface area (Å²) in [6.07, 6.45) is 2.39. The van der Waals surface area contributed by atoms with E-state index in [1.807, 2.05) is 48.5 Å². The number of rotatable bonds is 9. The van der Waals surface area contributed by atoms with Crippen LogP contribution in [0.2, 0.25) is 0 Å². The van der Waals surface area contributed by atoms with Crippen molar-refractivity contribution in [3.8, 4) is 5.75 Å². The average Bonchev–Trinajstić information content (AvgIpc) is 2.83. The topological polar surface area (TPSA) is 77.9 Å². The lowest BCUT2D eigenvalue weighted by molar-refractivity contribution is 0.0697.